The lowest BCUT2D eigenvalue weighted by Crippen LogP contribution is -2.12. The van der Waals surface area contributed by atoms with E-state index in [1.807, 2.05) is 24.3 Å². The molecule has 0 fully saturated rings. The molecule has 1 aromatic carbocycles. The number of amides is 1. The normalized spacial score (nSPS) is 10.7. The zero-order chi connectivity index (χ0) is 14.1. The van der Waals surface area contributed by atoms with E-state index in [0.717, 1.165) is 10.2 Å². The van der Waals surface area contributed by atoms with E-state index in [4.69, 9.17) is 17.3 Å². The molecule has 7 heteroatoms. The quantitative estimate of drug-likeness (QED) is 0.712. The highest BCUT2D eigenvalue weighted by Gasteiger charge is 2.11. The van der Waals surface area contributed by atoms with Crippen LogP contribution in [0.25, 0.3) is 10.2 Å². The highest BCUT2D eigenvalue weighted by Crippen LogP contribution is 2.26. The average Bonchev–Trinajstić information content (AvgIpc) is 2.79. The molecule has 0 radical (unpaired) electrons. The summed E-state index contributed by atoms with van der Waals surface area (Å²) in [6, 6.07) is 10.6. The van der Waals surface area contributed by atoms with Crippen molar-refractivity contribution in [3.05, 3.63) is 47.1 Å². The van der Waals surface area contributed by atoms with Crippen molar-refractivity contribution in [1.82, 2.24) is 9.97 Å². The van der Waals surface area contributed by atoms with Crippen molar-refractivity contribution in [3.63, 3.8) is 0 Å². The van der Waals surface area contributed by atoms with Crippen LogP contribution in [0.3, 0.4) is 0 Å². The number of nitrogens with zero attached hydrogens (tertiary/aromatic N) is 2. The first-order chi connectivity index (χ1) is 9.61. The number of thiazole rings is 1. The number of nitrogen functional groups attached to an aromatic ring is 1. The van der Waals surface area contributed by atoms with Gasteiger partial charge in [0.05, 0.1) is 10.2 Å². The van der Waals surface area contributed by atoms with Crippen LogP contribution in [0.5, 0.6) is 0 Å². The number of nitrogens with one attached hydrogen (secondary N) is 1. The van der Waals surface area contributed by atoms with Crippen molar-refractivity contribution in [3.8, 4) is 0 Å². The third-order valence-corrected chi connectivity index (χ3v) is 3.74. The molecule has 20 heavy (non-hydrogen) atoms. The van der Waals surface area contributed by atoms with Gasteiger partial charge in [-0.05, 0) is 24.3 Å². The van der Waals surface area contributed by atoms with Gasteiger partial charge in [0.25, 0.3) is 5.91 Å². The number of para-hydroxylation sites is 1. The Balaban J connectivity index is 1.88. The first kappa shape index (κ1) is 12.8. The molecule has 0 spiro atoms. The largest absolute Gasteiger partial charge is 0.384 e. The number of aromatic nitrogens is 2. The Hall–Kier alpha value is -2.18. The van der Waals surface area contributed by atoms with Gasteiger partial charge in [-0.1, -0.05) is 35.1 Å². The molecular weight excluding hydrogens is 296 g/mol. The molecule has 0 bridgehead atoms. The van der Waals surface area contributed by atoms with E-state index in [0.29, 0.717) is 10.7 Å². The Morgan fingerprint density at radius 1 is 1.25 bits per heavy atom. The van der Waals surface area contributed by atoms with Crippen molar-refractivity contribution in [2.24, 2.45) is 0 Å². The zero-order valence-corrected chi connectivity index (χ0v) is 11.7. The van der Waals surface area contributed by atoms with Crippen LogP contribution in [0.1, 0.15) is 10.4 Å². The molecule has 100 valence electrons. The number of anilines is 2. The van der Waals surface area contributed by atoms with Gasteiger partial charge in [0.1, 0.15) is 11.0 Å². The van der Waals surface area contributed by atoms with Gasteiger partial charge in [-0.3, -0.25) is 10.1 Å². The average molecular weight is 305 g/mol. The third kappa shape index (κ3) is 2.56. The van der Waals surface area contributed by atoms with Gasteiger partial charge in [-0.2, -0.15) is 0 Å². The van der Waals surface area contributed by atoms with Crippen LogP contribution in [-0.4, -0.2) is 15.9 Å². The van der Waals surface area contributed by atoms with Crippen LogP contribution in [0.2, 0.25) is 5.15 Å². The van der Waals surface area contributed by atoms with Crippen molar-refractivity contribution < 1.29 is 4.79 Å². The predicted molar refractivity (Wildman–Crippen MR) is 81.2 cm³/mol. The molecule has 2 heterocycles. The number of carbonyl (C=O) groups is 1. The smallest absolute Gasteiger partial charge is 0.257 e. The summed E-state index contributed by atoms with van der Waals surface area (Å²) in [5.41, 5.74) is 6.76. The minimum atomic E-state index is -0.319. The fourth-order valence-corrected chi connectivity index (χ4v) is 2.82. The number of pyridine rings is 1. The molecule has 0 aliphatic rings. The molecule has 3 N–H and O–H groups in total. The Morgan fingerprint density at radius 3 is 2.80 bits per heavy atom. The maximum absolute atomic E-state index is 12.1. The molecule has 0 aliphatic heterocycles. The van der Waals surface area contributed by atoms with Gasteiger partial charge in [-0.25, -0.2) is 9.97 Å². The van der Waals surface area contributed by atoms with Gasteiger partial charge in [-0.15, -0.1) is 0 Å². The van der Waals surface area contributed by atoms with Crippen LogP contribution < -0.4 is 11.1 Å². The molecule has 3 aromatic rings. The van der Waals surface area contributed by atoms with Crippen LogP contribution in [-0.2, 0) is 0 Å². The van der Waals surface area contributed by atoms with E-state index in [2.05, 4.69) is 15.3 Å². The summed E-state index contributed by atoms with van der Waals surface area (Å²) < 4.78 is 1.01. The maximum Gasteiger partial charge on any atom is 0.257 e. The molecule has 0 unspecified atom stereocenters. The van der Waals surface area contributed by atoms with Gasteiger partial charge >= 0.3 is 0 Å². The minimum Gasteiger partial charge on any atom is -0.384 e. The summed E-state index contributed by atoms with van der Waals surface area (Å²) in [6.07, 6.45) is 0. The first-order valence-electron chi connectivity index (χ1n) is 5.72. The van der Waals surface area contributed by atoms with Crippen LogP contribution >= 0.6 is 22.9 Å². The lowest BCUT2D eigenvalue weighted by atomic mass is 10.2. The molecule has 0 atom stereocenters. The third-order valence-electron chi connectivity index (χ3n) is 2.59. The van der Waals surface area contributed by atoms with E-state index in [-0.39, 0.29) is 16.9 Å². The first-order valence-corrected chi connectivity index (χ1v) is 6.91. The van der Waals surface area contributed by atoms with E-state index >= 15 is 0 Å². The molecule has 0 aliphatic carbocycles. The number of fused-ring (bicyclic) bond motifs is 1. The number of hydrogen-bond donors (Lipinski definition) is 2. The molecule has 0 saturated heterocycles. The number of nitrogens with two attached hydrogens (primary N) is 1. The maximum atomic E-state index is 12.1. The van der Waals surface area contributed by atoms with Crippen LogP contribution in [0.15, 0.2) is 36.4 Å². The monoisotopic (exact) mass is 304 g/mol. The molecule has 5 nitrogen and oxygen atoms in total. The summed E-state index contributed by atoms with van der Waals surface area (Å²) in [6.45, 7) is 0. The second-order valence-corrected chi connectivity index (χ2v) is 5.46. The van der Waals surface area contributed by atoms with Gasteiger partial charge in [0.2, 0.25) is 0 Å². The van der Waals surface area contributed by atoms with Crippen molar-refractivity contribution in [2.45, 2.75) is 0 Å². The summed E-state index contributed by atoms with van der Waals surface area (Å²) in [4.78, 5) is 20.2. The van der Waals surface area contributed by atoms with Crippen molar-refractivity contribution >= 4 is 50.0 Å². The molecule has 3 rings (SSSR count). The van der Waals surface area contributed by atoms with Crippen molar-refractivity contribution in [1.29, 1.82) is 0 Å². The lowest BCUT2D eigenvalue weighted by Gasteiger charge is -2.02. The summed E-state index contributed by atoms with van der Waals surface area (Å²) >= 11 is 7.18. The van der Waals surface area contributed by atoms with Gasteiger partial charge < -0.3 is 5.73 Å². The highest BCUT2D eigenvalue weighted by molar-refractivity contribution is 7.22. The SMILES string of the molecule is Nc1cc(C(=O)Nc2nc3ccccc3s2)cc(Cl)n1. The number of halogens is 1. The fraction of sp³-hybridized carbons (Fsp3) is 0. The van der Waals surface area contributed by atoms with Crippen LogP contribution in [0, 0.1) is 0 Å². The Morgan fingerprint density at radius 2 is 2.05 bits per heavy atom. The highest BCUT2D eigenvalue weighted by atomic mass is 35.5. The lowest BCUT2D eigenvalue weighted by molar-refractivity contribution is 0.102. The summed E-state index contributed by atoms with van der Waals surface area (Å²) in [5, 5.41) is 3.44. The standard InChI is InChI=1S/C13H9ClN4OS/c14-10-5-7(6-11(15)17-10)12(19)18-13-16-8-3-1-2-4-9(8)20-13/h1-6H,(H2,15,17)(H,16,18,19). The summed E-state index contributed by atoms with van der Waals surface area (Å²) in [5.74, 6) is -0.119. The Labute approximate surface area is 123 Å². The Kier molecular flexibility index (Phi) is 3.25. The molecule has 0 saturated carbocycles. The van der Waals surface area contributed by atoms with Gasteiger partial charge in [0.15, 0.2) is 5.13 Å². The van der Waals surface area contributed by atoms with Crippen LogP contribution in [0.4, 0.5) is 10.9 Å². The number of benzene rings is 1. The second-order valence-electron chi connectivity index (χ2n) is 4.04. The Bertz CT molecular complexity index is 749. The second kappa shape index (κ2) is 5.07. The van der Waals surface area contributed by atoms with Crippen molar-refractivity contribution in [2.75, 3.05) is 11.1 Å². The molecule has 2 aromatic heterocycles. The number of hydrogen-bond acceptors (Lipinski definition) is 5. The molecule has 1 amide bonds. The summed E-state index contributed by atoms with van der Waals surface area (Å²) in [7, 11) is 0. The predicted octanol–water partition coefficient (Wildman–Crippen LogP) is 3.18. The minimum absolute atomic E-state index is 0.180. The topological polar surface area (TPSA) is 80.9 Å². The van der Waals surface area contributed by atoms with E-state index in [1.54, 1.807) is 0 Å². The van der Waals surface area contributed by atoms with E-state index < -0.39 is 0 Å². The fourth-order valence-electron chi connectivity index (χ4n) is 1.74. The van der Waals surface area contributed by atoms with E-state index in [1.165, 1.54) is 23.5 Å². The zero-order valence-electron chi connectivity index (χ0n) is 10.1. The van der Waals surface area contributed by atoms with E-state index in [9.17, 15) is 4.79 Å². The van der Waals surface area contributed by atoms with Gasteiger partial charge in [0, 0.05) is 5.56 Å². The molecular formula is C13H9ClN4OS. The number of rotatable bonds is 2. The number of carbonyl (C=O) groups excluding carboxylic acids is 1.